The predicted molar refractivity (Wildman–Crippen MR) is 99.8 cm³/mol. The first-order valence-corrected chi connectivity index (χ1v) is 8.34. The summed E-state index contributed by atoms with van der Waals surface area (Å²) < 4.78 is 43.5. The van der Waals surface area contributed by atoms with Gasteiger partial charge in [-0.25, -0.2) is 0 Å². The number of carbonyl (C=O) groups excluding carboxylic acids is 2. The lowest BCUT2D eigenvalue weighted by molar-refractivity contribution is -0.384. The number of hydrazine groups is 1. The van der Waals surface area contributed by atoms with Crippen LogP contribution >= 0.6 is 0 Å². The van der Waals surface area contributed by atoms with Crippen LogP contribution in [-0.2, 0) is 11.0 Å². The van der Waals surface area contributed by atoms with Crippen LogP contribution in [0, 0.1) is 10.1 Å². The molecule has 0 fully saturated rings. The van der Waals surface area contributed by atoms with E-state index in [-0.39, 0.29) is 29.5 Å². The van der Waals surface area contributed by atoms with Crippen molar-refractivity contribution in [3.8, 4) is 5.75 Å². The van der Waals surface area contributed by atoms with Gasteiger partial charge in [0.2, 0.25) is 0 Å². The Hall–Kier alpha value is -3.83. The Bertz CT molecular complexity index is 963. The summed E-state index contributed by atoms with van der Waals surface area (Å²) >= 11 is 0. The van der Waals surface area contributed by atoms with Crippen molar-refractivity contribution in [2.75, 3.05) is 26.1 Å². The molecular weight excluding hydrogens is 409 g/mol. The molecule has 2 aromatic carbocycles. The molecule has 0 aliphatic carbocycles. The minimum absolute atomic E-state index is 0.0897. The van der Waals surface area contributed by atoms with Crippen LogP contribution in [0.4, 0.5) is 24.5 Å². The summed E-state index contributed by atoms with van der Waals surface area (Å²) in [6.07, 6.45) is -4.75. The summed E-state index contributed by atoms with van der Waals surface area (Å²) in [5, 5.41) is 11.1. The molecule has 2 amide bonds. The molecule has 2 aromatic rings. The van der Waals surface area contributed by atoms with Crippen molar-refractivity contribution in [3.05, 3.63) is 63.7 Å². The van der Waals surface area contributed by atoms with Crippen LogP contribution in [-0.4, -0.2) is 42.3 Å². The molecule has 0 saturated carbocycles. The van der Waals surface area contributed by atoms with Crippen molar-refractivity contribution in [3.63, 3.8) is 0 Å². The van der Waals surface area contributed by atoms with Gasteiger partial charge in [-0.2, -0.15) is 13.2 Å². The molecule has 0 bridgehead atoms. The van der Waals surface area contributed by atoms with Gasteiger partial charge in [-0.1, -0.05) is 6.07 Å². The Balaban J connectivity index is 2.10. The minimum Gasteiger partial charge on any atom is -0.484 e. The fourth-order valence-corrected chi connectivity index (χ4v) is 2.16. The summed E-state index contributed by atoms with van der Waals surface area (Å²) in [7, 11) is 3.11. The van der Waals surface area contributed by atoms with Crippen LogP contribution in [0.2, 0.25) is 0 Å². The quantitative estimate of drug-likeness (QED) is 0.520. The van der Waals surface area contributed by atoms with Crippen molar-refractivity contribution >= 4 is 23.2 Å². The molecule has 0 heterocycles. The van der Waals surface area contributed by atoms with Crippen LogP contribution in [0.1, 0.15) is 15.9 Å². The number of anilines is 1. The molecule has 0 aromatic heterocycles. The van der Waals surface area contributed by atoms with Crippen molar-refractivity contribution < 1.29 is 32.4 Å². The SMILES string of the molecule is CN(C)C(=O)COc1cccc(C(=O)NNc2ccc(C(F)(F)F)cc2[N+](=O)[O-])c1. The Labute approximate surface area is 168 Å². The summed E-state index contributed by atoms with van der Waals surface area (Å²) in [5.41, 5.74) is 2.13. The van der Waals surface area contributed by atoms with Crippen molar-refractivity contribution in [2.24, 2.45) is 0 Å². The second-order valence-corrected chi connectivity index (χ2v) is 6.17. The molecule has 160 valence electrons. The van der Waals surface area contributed by atoms with Gasteiger partial charge in [-0.3, -0.25) is 30.6 Å². The molecule has 0 aliphatic heterocycles. The minimum atomic E-state index is -4.75. The van der Waals surface area contributed by atoms with E-state index in [1.165, 1.54) is 29.2 Å². The molecule has 9 nitrogen and oxygen atoms in total. The van der Waals surface area contributed by atoms with Gasteiger partial charge >= 0.3 is 6.18 Å². The van der Waals surface area contributed by atoms with E-state index in [9.17, 15) is 32.9 Å². The average Bonchev–Trinajstić information content (AvgIpc) is 2.69. The summed E-state index contributed by atoms with van der Waals surface area (Å²) in [4.78, 5) is 35.2. The summed E-state index contributed by atoms with van der Waals surface area (Å²) in [6, 6.07) is 7.62. The number of nitro groups is 1. The molecule has 0 atom stereocenters. The molecule has 12 heteroatoms. The average molecular weight is 426 g/mol. The van der Waals surface area contributed by atoms with Crippen molar-refractivity contribution in [1.82, 2.24) is 10.3 Å². The monoisotopic (exact) mass is 426 g/mol. The number of benzene rings is 2. The fourth-order valence-electron chi connectivity index (χ4n) is 2.16. The Morgan fingerprint density at radius 1 is 1.17 bits per heavy atom. The zero-order valence-electron chi connectivity index (χ0n) is 15.8. The first-order chi connectivity index (χ1) is 14.0. The molecule has 0 radical (unpaired) electrons. The molecule has 30 heavy (non-hydrogen) atoms. The van der Waals surface area contributed by atoms with E-state index in [1.807, 2.05) is 0 Å². The van der Waals surface area contributed by atoms with Gasteiger partial charge in [-0.15, -0.1) is 0 Å². The smallest absolute Gasteiger partial charge is 0.416 e. The number of carbonyl (C=O) groups is 2. The van der Waals surface area contributed by atoms with Gasteiger partial charge < -0.3 is 9.64 Å². The number of nitrogens with one attached hydrogen (secondary N) is 2. The number of hydrogen-bond acceptors (Lipinski definition) is 6. The molecule has 0 saturated heterocycles. The van der Waals surface area contributed by atoms with Crippen LogP contribution in [0.3, 0.4) is 0 Å². The van der Waals surface area contributed by atoms with Crippen LogP contribution in [0.25, 0.3) is 0 Å². The zero-order chi connectivity index (χ0) is 22.5. The second-order valence-electron chi connectivity index (χ2n) is 6.17. The number of amides is 2. The van der Waals surface area contributed by atoms with E-state index in [2.05, 4.69) is 10.9 Å². The molecule has 0 spiro atoms. The van der Waals surface area contributed by atoms with Crippen molar-refractivity contribution in [1.29, 1.82) is 0 Å². The van der Waals surface area contributed by atoms with E-state index < -0.39 is 28.3 Å². The maximum Gasteiger partial charge on any atom is 0.416 e. The lowest BCUT2D eigenvalue weighted by Gasteiger charge is -2.13. The van der Waals surface area contributed by atoms with E-state index in [0.717, 1.165) is 6.07 Å². The fraction of sp³-hybridized carbons (Fsp3) is 0.222. The highest BCUT2D eigenvalue weighted by Gasteiger charge is 2.33. The van der Waals surface area contributed by atoms with Gasteiger partial charge in [0, 0.05) is 25.7 Å². The molecule has 0 unspecified atom stereocenters. The van der Waals surface area contributed by atoms with E-state index in [4.69, 9.17) is 4.74 Å². The predicted octanol–water partition coefficient (Wildman–Crippen LogP) is 2.84. The van der Waals surface area contributed by atoms with Gasteiger partial charge in [0.05, 0.1) is 10.5 Å². The number of alkyl halides is 3. The summed E-state index contributed by atoms with van der Waals surface area (Å²) in [6.45, 7) is -0.242. The number of hydrogen-bond donors (Lipinski definition) is 2. The third-order valence-electron chi connectivity index (χ3n) is 3.79. The van der Waals surface area contributed by atoms with Gasteiger partial charge in [0.1, 0.15) is 11.4 Å². The van der Waals surface area contributed by atoms with Crippen LogP contribution < -0.4 is 15.6 Å². The van der Waals surface area contributed by atoms with E-state index in [0.29, 0.717) is 12.1 Å². The zero-order valence-corrected chi connectivity index (χ0v) is 15.8. The highest BCUT2D eigenvalue weighted by Crippen LogP contribution is 2.34. The largest absolute Gasteiger partial charge is 0.484 e. The second kappa shape index (κ2) is 9.11. The Kier molecular flexibility index (Phi) is 6.82. The number of halogens is 3. The lowest BCUT2D eigenvalue weighted by Crippen LogP contribution is -2.30. The number of rotatable bonds is 7. The highest BCUT2D eigenvalue weighted by atomic mass is 19.4. The highest BCUT2D eigenvalue weighted by molar-refractivity contribution is 5.95. The first kappa shape index (κ1) is 22.5. The van der Waals surface area contributed by atoms with Crippen molar-refractivity contribution in [2.45, 2.75) is 6.18 Å². The molecular formula is C18H17F3N4O5. The lowest BCUT2D eigenvalue weighted by atomic mass is 10.1. The number of nitro benzene ring substituents is 1. The van der Waals surface area contributed by atoms with Gasteiger partial charge in [0.25, 0.3) is 17.5 Å². The molecule has 2 rings (SSSR count). The Morgan fingerprint density at radius 2 is 1.87 bits per heavy atom. The summed E-state index contributed by atoms with van der Waals surface area (Å²) in [5.74, 6) is -0.784. The Morgan fingerprint density at radius 3 is 2.47 bits per heavy atom. The van der Waals surface area contributed by atoms with Crippen LogP contribution in [0.15, 0.2) is 42.5 Å². The molecule has 0 aliphatic rings. The van der Waals surface area contributed by atoms with Gasteiger partial charge in [-0.05, 0) is 30.3 Å². The number of ether oxygens (including phenoxy) is 1. The molecule has 2 N–H and O–H groups in total. The topological polar surface area (TPSA) is 114 Å². The van der Waals surface area contributed by atoms with E-state index in [1.54, 1.807) is 14.1 Å². The number of likely N-dealkylation sites (N-methyl/N-ethyl adjacent to an activating group) is 1. The normalized spacial score (nSPS) is 10.8. The first-order valence-electron chi connectivity index (χ1n) is 8.34. The third kappa shape index (κ3) is 5.83. The van der Waals surface area contributed by atoms with Crippen LogP contribution in [0.5, 0.6) is 5.75 Å². The number of nitrogens with zero attached hydrogens (tertiary/aromatic N) is 2. The maximum atomic E-state index is 12.7. The maximum absolute atomic E-state index is 12.7. The standard InChI is InChI=1S/C18H17F3N4O5/c1-24(2)16(26)10-30-13-5-3-4-11(8-13)17(27)23-22-14-7-6-12(18(19,20)21)9-15(14)25(28)29/h3-9,22H,10H2,1-2H3,(H,23,27). The van der Waals surface area contributed by atoms with E-state index >= 15 is 0 Å². The third-order valence-corrected chi connectivity index (χ3v) is 3.79. The van der Waals surface area contributed by atoms with Gasteiger partial charge in [0.15, 0.2) is 6.61 Å².